The molecule has 1 unspecified atom stereocenters. The second-order valence-electron chi connectivity index (χ2n) is 6.49. The van der Waals surface area contributed by atoms with Gasteiger partial charge in [0.25, 0.3) is 6.47 Å². The Morgan fingerprint density at radius 1 is 1.38 bits per heavy atom. The highest BCUT2D eigenvalue weighted by Crippen LogP contribution is 2.21. The van der Waals surface area contributed by atoms with Crippen molar-refractivity contribution in [2.24, 2.45) is 0 Å². The molecule has 2 N–H and O–H groups in total. The summed E-state index contributed by atoms with van der Waals surface area (Å²) in [5.74, 6) is 0. The highest BCUT2D eigenvalue weighted by Gasteiger charge is 2.20. The van der Waals surface area contributed by atoms with Gasteiger partial charge < -0.3 is 15.2 Å². The zero-order valence-electron chi connectivity index (χ0n) is 15.2. The molecule has 1 aromatic heterocycles. The summed E-state index contributed by atoms with van der Waals surface area (Å²) in [5, 5.41) is 11.7. The maximum absolute atomic E-state index is 8.36. The van der Waals surface area contributed by atoms with Crippen LogP contribution in [0.3, 0.4) is 0 Å². The summed E-state index contributed by atoms with van der Waals surface area (Å²) in [5.41, 5.74) is 3.61. The Hall–Kier alpha value is -1.98. The van der Waals surface area contributed by atoms with Gasteiger partial charge in [-0.25, -0.2) is 0 Å². The molecule has 0 saturated heterocycles. The fraction of sp³-hybridized carbons (Fsp3) is 0.474. The number of rotatable bonds is 6. The Morgan fingerprint density at radius 3 is 2.67 bits per heavy atom. The molecule has 0 aliphatic heterocycles. The SMILES string of the molecule is COC(C)(C)CC(C)NCc1c(C)ccc2ncccc12.O=CO. The third-order valence-electron chi connectivity index (χ3n) is 4.11. The minimum Gasteiger partial charge on any atom is -0.483 e. The molecule has 5 heteroatoms. The van der Waals surface area contributed by atoms with Gasteiger partial charge in [0.15, 0.2) is 0 Å². The molecule has 0 bridgehead atoms. The summed E-state index contributed by atoms with van der Waals surface area (Å²) in [6.07, 6.45) is 2.82. The second kappa shape index (κ2) is 9.35. The summed E-state index contributed by atoms with van der Waals surface area (Å²) in [6.45, 7) is 9.22. The Labute approximate surface area is 144 Å². The third-order valence-corrected chi connectivity index (χ3v) is 4.11. The van der Waals surface area contributed by atoms with Crippen molar-refractivity contribution >= 4 is 17.4 Å². The summed E-state index contributed by atoms with van der Waals surface area (Å²) in [7, 11) is 1.77. The van der Waals surface area contributed by atoms with Crippen molar-refractivity contribution in [2.75, 3.05) is 7.11 Å². The maximum atomic E-state index is 8.36. The van der Waals surface area contributed by atoms with Crippen LogP contribution in [0.2, 0.25) is 0 Å². The van der Waals surface area contributed by atoms with E-state index in [2.05, 4.69) is 56.2 Å². The van der Waals surface area contributed by atoms with E-state index in [1.54, 1.807) is 7.11 Å². The van der Waals surface area contributed by atoms with Crippen molar-refractivity contribution in [2.45, 2.75) is 52.3 Å². The summed E-state index contributed by atoms with van der Waals surface area (Å²) in [6, 6.07) is 8.78. The number of carboxylic acid groups (broad SMARTS) is 1. The highest BCUT2D eigenvalue weighted by molar-refractivity contribution is 5.83. The van der Waals surface area contributed by atoms with Gasteiger partial charge in [-0.3, -0.25) is 9.78 Å². The van der Waals surface area contributed by atoms with E-state index < -0.39 is 0 Å². The molecule has 2 aromatic rings. The number of nitrogens with one attached hydrogen (secondary N) is 1. The smallest absolute Gasteiger partial charge is 0.290 e. The summed E-state index contributed by atoms with van der Waals surface area (Å²) >= 11 is 0. The minimum atomic E-state index is -0.250. The molecule has 1 heterocycles. The predicted molar refractivity (Wildman–Crippen MR) is 97.2 cm³/mol. The topological polar surface area (TPSA) is 71.5 Å². The molecule has 5 nitrogen and oxygen atoms in total. The lowest BCUT2D eigenvalue weighted by atomic mass is 9.98. The Balaban J connectivity index is 0.000000891. The quantitative estimate of drug-likeness (QED) is 0.792. The van der Waals surface area contributed by atoms with E-state index in [1.165, 1.54) is 16.5 Å². The van der Waals surface area contributed by atoms with Crippen molar-refractivity contribution in [1.29, 1.82) is 0 Å². The average Bonchev–Trinajstić information content (AvgIpc) is 2.54. The van der Waals surface area contributed by atoms with Crippen LogP contribution in [0.5, 0.6) is 0 Å². The molecule has 0 fully saturated rings. The van der Waals surface area contributed by atoms with E-state index in [1.807, 2.05) is 12.3 Å². The van der Waals surface area contributed by atoms with Crippen LogP contribution in [-0.4, -0.2) is 35.3 Å². The van der Waals surface area contributed by atoms with Crippen LogP contribution in [0.1, 0.15) is 38.3 Å². The number of ether oxygens (including phenoxy) is 1. The number of methoxy groups -OCH3 is 1. The predicted octanol–water partition coefficient (Wildman–Crippen LogP) is 3.54. The van der Waals surface area contributed by atoms with Crippen molar-refractivity contribution in [3.63, 3.8) is 0 Å². The van der Waals surface area contributed by atoms with E-state index in [4.69, 9.17) is 14.6 Å². The molecule has 0 aliphatic carbocycles. The maximum Gasteiger partial charge on any atom is 0.290 e. The van der Waals surface area contributed by atoms with Crippen LogP contribution in [-0.2, 0) is 16.1 Å². The van der Waals surface area contributed by atoms with E-state index in [9.17, 15) is 0 Å². The zero-order valence-corrected chi connectivity index (χ0v) is 15.2. The first-order valence-corrected chi connectivity index (χ1v) is 8.04. The van der Waals surface area contributed by atoms with Gasteiger partial charge in [-0.1, -0.05) is 12.1 Å². The number of hydrogen-bond donors (Lipinski definition) is 2. The molecular formula is C19H28N2O3. The van der Waals surface area contributed by atoms with Gasteiger partial charge in [-0.2, -0.15) is 0 Å². The lowest BCUT2D eigenvalue weighted by Gasteiger charge is -2.27. The first kappa shape index (κ1) is 20.1. The van der Waals surface area contributed by atoms with Crippen molar-refractivity contribution < 1.29 is 14.6 Å². The second-order valence-corrected chi connectivity index (χ2v) is 6.49. The van der Waals surface area contributed by atoms with Crippen LogP contribution in [0, 0.1) is 6.92 Å². The molecule has 0 amide bonds. The third kappa shape index (κ3) is 5.91. The van der Waals surface area contributed by atoms with Gasteiger partial charge in [0, 0.05) is 31.3 Å². The van der Waals surface area contributed by atoms with Gasteiger partial charge in [0.05, 0.1) is 11.1 Å². The zero-order chi connectivity index (χ0) is 18.2. The molecule has 0 spiro atoms. The van der Waals surface area contributed by atoms with Crippen LogP contribution >= 0.6 is 0 Å². The number of pyridine rings is 1. The van der Waals surface area contributed by atoms with Crippen LogP contribution in [0.4, 0.5) is 0 Å². The van der Waals surface area contributed by atoms with Crippen LogP contribution in [0.15, 0.2) is 30.5 Å². The lowest BCUT2D eigenvalue weighted by Crippen LogP contribution is -2.35. The number of carbonyl (C=O) groups is 1. The van der Waals surface area contributed by atoms with E-state index in [0.29, 0.717) is 6.04 Å². The number of benzene rings is 1. The fourth-order valence-corrected chi connectivity index (χ4v) is 2.73. The van der Waals surface area contributed by atoms with E-state index in [-0.39, 0.29) is 12.1 Å². The first-order chi connectivity index (χ1) is 11.3. The van der Waals surface area contributed by atoms with Gasteiger partial charge >= 0.3 is 0 Å². The lowest BCUT2D eigenvalue weighted by molar-refractivity contribution is -0.122. The Kier molecular flexibility index (Phi) is 7.82. The molecule has 24 heavy (non-hydrogen) atoms. The molecule has 132 valence electrons. The molecular weight excluding hydrogens is 304 g/mol. The van der Waals surface area contributed by atoms with Crippen molar-refractivity contribution in [3.8, 4) is 0 Å². The monoisotopic (exact) mass is 332 g/mol. The average molecular weight is 332 g/mol. The number of aryl methyl sites for hydroxylation is 1. The van der Waals surface area contributed by atoms with Crippen molar-refractivity contribution in [1.82, 2.24) is 10.3 Å². The highest BCUT2D eigenvalue weighted by atomic mass is 16.5. The summed E-state index contributed by atoms with van der Waals surface area (Å²) < 4.78 is 5.50. The van der Waals surface area contributed by atoms with Crippen LogP contribution < -0.4 is 5.32 Å². The largest absolute Gasteiger partial charge is 0.483 e. The van der Waals surface area contributed by atoms with Gasteiger partial charge in [-0.15, -0.1) is 0 Å². The fourth-order valence-electron chi connectivity index (χ4n) is 2.73. The Morgan fingerprint density at radius 2 is 2.04 bits per heavy atom. The van der Waals surface area contributed by atoms with Gasteiger partial charge in [-0.05, 0) is 57.4 Å². The van der Waals surface area contributed by atoms with Crippen molar-refractivity contribution in [3.05, 3.63) is 41.6 Å². The number of aromatic nitrogens is 1. The molecule has 0 radical (unpaired) electrons. The number of hydrogen-bond acceptors (Lipinski definition) is 4. The molecule has 2 rings (SSSR count). The molecule has 0 aliphatic rings. The Bertz CT molecular complexity index is 656. The van der Waals surface area contributed by atoms with Gasteiger partial charge in [0.1, 0.15) is 0 Å². The van der Waals surface area contributed by atoms with Gasteiger partial charge in [0.2, 0.25) is 0 Å². The number of fused-ring (bicyclic) bond motifs is 1. The molecule has 1 atom stereocenters. The normalized spacial score (nSPS) is 12.4. The number of nitrogens with zero attached hydrogens (tertiary/aromatic N) is 1. The van der Waals surface area contributed by atoms with E-state index >= 15 is 0 Å². The van der Waals surface area contributed by atoms with Crippen LogP contribution in [0.25, 0.3) is 10.9 Å². The molecule has 0 saturated carbocycles. The standard InChI is InChI=1S/C18H26N2O.CH2O2/c1-13-8-9-17-15(7-6-10-19-17)16(13)12-20-14(2)11-18(3,4)21-5;2-1-3/h6-10,14,20H,11-12H2,1-5H3;1H,(H,2,3). The first-order valence-electron chi connectivity index (χ1n) is 8.04. The minimum absolute atomic E-state index is 0.0955. The molecule has 1 aromatic carbocycles. The van der Waals surface area contributed by atoms with E-state index in [0.717, 1.165) is 18.5 Å². The summed E-state index contributed by atoms with van der Waals surface area (Å²) in [4.78, 5) is 12.8.